The van der Waals surface area contributed by atoms with Gasteiger partial charge >= 0.3 is 12.3 Å². The normalized spacial score (nSPS) is 11.9. The number of aryl methyl sites for hydroxylation is 2. The van der Waals surface area contributed by atoms with E-state index >= 15 is 0 Å². The third kappa shape index (κ3) is 6.15. The highest BCUT2D eigenvalue weighted by Gasteiger charge is 2.41. The van der Waals surface area contributed by atoms with Crippen LogP contribution in [-0.4, -0.2) is 6.18 Å². The third-order valence-corrected chi connectivity index (χ3v) is 6.48. The van der Waals surface area contributed by atoms with Gasteiger partial charge in [-0.3, -0.25) is 0 Å². The first-order valence-corrected chi connectivity index (χ1v) is 12.4. The second-order valence-corrected chi connectivity index (χ2v) is 9.41. The highest BCUT2D eigenvalue weighted by molar-refractivity contribution is 5.86. The predicted molar refractivity (Wildman–Crippen MR) is 139 cm³/mol. The minimum absolute atomic E-state index is 0.138. The molecule has 0 saturated heterocycles. The molecule has 5 rings (SSSR count). The Labute approximate surface area is 233 Å². The largest absolute Gasteiger partial charge is 0.458 e. The number of hydrogen-bond donors (Lipinski definition) is 0. The highest BCUT2D eigenvalue weighted by Crippen LogP contribution is 2.37. The SMILES string of the molecule is Fc1cc2cc(OC(F)(F)c3c(F)cc(CCc4ccc5ccccc5c4)cc3F)ccc2c(F)c1C#CC(F)(F)F. The summed E-state index contributed by atoms with van der Waals surface area (Å²) in [6, 6.07) is 17.9. The van der Waals surface area contributed by atoms with Gasteiger partial charge in [0.25, 0.3) is 0 Å². The van der Waals surface area contributed by atoms with Crippen LogP contribution in [0.15, 0.2) is 78.9 Å². The number of fused-ring (bicyclic) bond motifs is 2. The summed E-state index contributed by atoms with van der Waals surface area (Å²) in [5.74, 6) is -4.62. The smallest absolute Gasteiger partial charge is 0.429 e. The average molecular weight is 588 g/mol. The van der Waals surface area contributed by atoms with E-state index in [1.165, 1.54) is 5.92 Å². The zero-order valence-corrected chi connectivity index (χ0v) is 21.2. The van der Waals surface area contributed by atoms with Crippen LogP contribution in [0.2, 0.25) is 0 Å². The summed E-state index contributed by atoms with van der Waals surface area (Å²) in [4.78, 5) is 0. The van der Waals surface area contributed by atoms with Gasteiger partial charge in [0.15, 0.2) is 0 Å². The van der Waals surface area contributed by atoms with Gasteiger partial charge < -0.3 is 4.74 Å². The van der Waals surface area contributed by atoms with E-state index in [9.17, 15) is 39.5 Å². The molecule has 42 heavy (non-hydrogen) atoms. The fourth-order valence-electron chi connectivity index (χ4n) is 4.55. The standard InChI is InChI=1S/C32H17F9O/c33-26-17-22-16-23(9-10-24(22)30(36)25(26)11-12-31(37,38)39)42-32(40,41)29-27(34)14-19(15-28(29)35)6-5-18-7-8-20-3-1-2-4-21(20)13-18/h1-4,7-10,13-17H,5-6H2. The van der Waals surface area contributed by atoms with Crippen LogP contribution in [0.5, 0.6) is 5.75 Å². The summed E-state index contributed by atoms with van der Waals surface area (Å²) in [5.41, 5.74) is -1.80. The first kappa shape index (κ1) is 28.9. The van der Waals surface area contributed by atoms with Gasteiger partial charge in [-0.15, -0.1) is 0 Å². The Morgan fingerprint density at radius 3 is 1.98 bits per heavy atom. The van der Waals surface area contributed by atoms with Crippen molar-refractivity contribution in [1.29, 1.82) is 0 Å². The number of rotatable bonds is 6. The lowest BCUT2D eigenvalue weighted by atomic mass is 10.00. The Morgan fingerprint density at radius 2 is 1.29 bits per heavy atom. The topological polar surface area (TPSA) is 9.23 Å². The molecular weight excluding hydrogens is 571 g/mol. The summed E-state index contributed by atoms with van der Waals surface area (Å²) < 4.78 is 130. The van der Waals surface area contributed by atoms with Gasteiger partial charge in [-0.25, -0.2) is 17.6 Å². The lowest BCUT2D eigenvalue weighted by molar-refractivity contribution is -0.189. The van der Waals surface area contributed by atoms with Crippen LogP contribution in [0.4, 0.5) is 39.5 Å². The molecule has 5 aromatic rings. The Morgan fingerprint density at radius 1 is 0.619 bits per heavy atom. The van der Waals surface area contributed by atoms with Crippen LogP contribution in [0.3, 0.4) is 0 Å². The summed E-state index contributed by atoms with van der Waals surface area (Å²) in [6.45, 7) is 0. The van der Waals surface area contributed by atoms with Crippen molar-refractivity contribution in [2.24, 2.45) is 0 Å². The molecule has 0 bridgehead atoms. The molecular formula is C32H17F9O. The van der Waals surface area contributed by atoms with Gasteiger partial charge in [-0.05, 0) is 76.5 Å². The first-order chi connectivity index (χ1) is 19.8. The van der Waals surface area contributed by atoms with E-state index in [-0.39, 0.29) is 17.4 Å². The lowest BCUT2D eigenvalue weighted by Crippen LogP contribution is -2.25. The van der Waals surface area contributed by atoms with Crippen LogP contribution < -0.4 is 4.74 Å². The molecule has 0 radical (unpaired) electrons. The summed E-state index contributed by atoms with van der Waals surface area (Å²) in [5, 5.41) is 1.20. The Bertz CT molecular complexity index is 1860. The second kappa shape index (κ2) is 11.0. The van der Waals surface area contributed by atoms with Crippen LogP contribution in [0.25, 0.3) is 21.5 Å². The maximum Gasteiger partial charge on any atom is 0.458 e. The second-order valence-electron chi connectivity index (χ2n) is 9.41. The molecule has 0 atom stereocenters. The predicted octanol–water partition coefficient (Wildman–Crippen LogP) is 9.38. The average Bonchev–Trinajstić information content (AvgIpc) is 2.90. The van der Waals surface area contributed by atoms with Crippen molar-refractivity contribution in [2.45, 2.75) is 25.1 Å². The Kier molecular flexibility index (Phi) is 7.54. The van der Waals surface area contributed by atoms with Gasteiger partial charge in [0, 0.05) is 11.3 Å². The molecule has 0 aliphatic rings. The molecule has 0 N–H and O–H groups in total. The molecule has 214 valence electrons. The van der Waals surface area contributed by atoms with Crippen molar-refractivity contribution in [3.63, 3.8) is 0 Å². The molecule has 0 unspecified atom stereocenters. The summed E-state index contributed by atoms with van der Waals surface area (Å²) in [6.07, 6.45) is -8.98. The minimum Gasteiger partial charge on any atom is -0.429 e. The summed E-state index contributed by atoms with van der Waals surface area (Å²) >= 11 is 0. The van der Waals surface area contributed by atoms with E-state index in [0.717, 1.165) is 52.6 Å². The molecule has 1 nitrogen and oxygen atoms in total. The molecule has 0 amide bonds. The first-order valence-electron chi connectivity index (χ1n) is 12.4. The van der Waals surface area contributed by atoms with Gasteiger partial charge in [0.05, 0.1) is 5.56 Å². The molecule has 0 heterocycles. The quantitative estimate of drug-likeness (QED) is 0.142. The van der Waals surface area contributed by atoms with Gasteiger partial charge in [0.1, 0.15) is 34.6 Å². The van der Waals surface area contributed by atoms with E-state index in [1.807, 2.05) is 42.5 Å². The zero-order chi connectivity index (χ0) is 30.2. The van der Waals surface area contributed by atoms with E-state index in [2.05, 4.69) is 4.74 Å². The summed E-state index contributed by atoms with van der Waals surface area (Å²) in [7, 11) is 0. The fourth-order valence-corrected chi connectivity index (χ4v) is 4.55. The fraction of sp³-hybridized carbons (Fsp3) is 0.125. The monoisotopic (exact) mass is 588 g/mol. The molecule has 0 aliphatic heterocycles. The van der Waals surface area contributed by atoms with Crippen LogP contribution >= 0.6 is 0 Å². The van der Waals surface area contributed by atoms with Crippen molar-refractivity contribution >= 4 is 21.5 Å². The number of halogens is 9. The maximum absolute atomic E-state index is 15.0. The van der Waals surface area contributed by atoms with Gasteiger partial charge in [0.2, 0.25) is 0 Å². The highest BCUT2D eigenvalue weighted by atomic mass is 19.4. The van der Waals surface area contributed by atoms with Crippen molar-refractivity contribution in [3.8, 4) is 17.6 Å². The molecule has 0 aromatic heterocycles. The third-order valence-electron chi connectivity index (χ3n) is 6.48. The molecule has 5 aromatic carbocycles. The van der Waals surface area contributed by atoms with Crippen LogP contribution in [0, 0.1) is 35.1 Å². The van der Waals surface area contributed by atoms with Gasteiger partial charge in [-0.1, -0.05) is 48.4 Å². The van der Waals surface area contributed by atoms with E-state index in [1.54, 1.807) is 0 Å². The molecule has 10 heteroatoms. The van der Waals surface area contributed by atoms with Crippen molar-refractivity contribution < 1.29 is 44.3 Å². The van der Waals surface area contributed by atoms with Crippen molar-refractivity contribution in [3.05, 3.63) is 124 Å². The van der Waals surface area contributed by atoms with Crippen LogP contribution in [0.1, 0.15) is 22.3 Å². The van der Waals surface area contributed by atoms with E-state index in [0.29, 0.717) is 12.5 Å². The molecule has 0 spiro atoms. The number of alkyl halides is 5. The van der Waals surface area contributed by atoms with Crippen molar-refractivity contribution in [2.75, 3.05) is 0 Å². The van der Waals surface area contributed by atoms with E-state index < -0.39 is 57.8 Å². The Hall–Kier alpha value is -4.65. The molecule has 0 saturated carbocycles. The van der Waals surface area contributed by atoms with E-state index in [4.69, 9.17) is 0 Å². The maximum atomic E-state index is 15.0. The Balaban J connectivity index is 1.37. The van der Waals surface area contributed by atoms with Crippen LogP contribution in [-0.2, 0) is 19.0 Å². The number of benzene rings is 5. The molecule has 0 fully saturated rings. The number of ether oxygens (including phenoxy) is 1. The molecule has 0 aliphatic carbocycles. The van der Waals surface area contributed by atoms with Gasteiger partial charge in [-0.2, -0.15) is 22.0 Å². The zero-order valence-electron chi connectivity index (χ0n) is 21.2. The minimum atomic E-state index is -5.00. The number of hydrogen-bond acceptors (Lipinski definition) is 1. The van der Waals surface area contributed by atoms with Crippen molar-refractivity contribution in [1.82, 2.24) is 0 Å². The lowest BCUT2D eigenvalue weighted by Gasteiger charge is -2.20.